The first-order valence-corrected chi connectivity index (χ1v) is 6.43. The van der Waals surface area contributed by atoms with Gasteiger partial charge >= 0.3 is 0 Å². The number of carbonyl (C=O) groups is 1. The van der Waals surface area contributed by atoms with E-state index < -0.39 is 0 Å². The highest BCUT2D eigenvalue weighted by molar-refractivity contribution is 5.93. The van der Waals surface area contributed by atoms with E-state index in [0.717, 1.165) is 32.5 Å². The molecule has 2 heterocycles. The van der Waals surface area contributed by atoms with Crippen molar-refractivity contribution in [2.24, 2.45) is 5.73 Å². The lowest BCUT2D eigenvalue weighted by atomic mass is 10.0. The number of amides is 1. The van der Waals surface area contributed by atoms with Gasteiger partial charge in [0, 0.05) is 44.6 Å². The number of nitrogens with two attached hydrogens (primary N) is 1. The summed E-state index contributed by atoms with van der Waals surface area (Å²) >= 11 is 0. The third-order valence-corrected chi connectivity index (χ3v) is 3.29. The van der Waals surface area contributed by atoms with Gasteiger partial charge in [-0.05, 0) is 25.0 Å². The second-order valence-corrected chi connectivity index (χ2v) is 4.62. The average molecular weight is 248 g/mol. The standard InChI is InChI=1S/C13H20N4O/c14-5-9-17-7-3-12(4-8-17)16-13(18)11-2-1-6-15-10-11/h1-2,6,10,12H,3-5,7-9,14H2,(H,16,18). The van der Waals surface area contributed by atoms with Crippen LogP contribution in [-0.2, 0) is 0 Å². The van der Waals surface area contributed by atoms with Gasteiger partial charge in [-0.15, -0.1) is 0 Å². The topological polar surface area (TPSA) is 71.2 Å². The van der Waals surface area contributed by atoms with E-state index in [9.17, 15) is 4.79 Å². The largest absolute Gasteiger partial charge is 0.349 e. The molecule has 0 radical (unpaired) electrons. The number of aromatic nitrogens is 1. The van der Waals surface area contributed by atoms with Gasteiger partial charge < -0.3 is 16.0 Å². The molecule has 1 aromatic rings. The monoisotopic (exact) mass is 248 g/mol. The number of pyridine rings is 1. The van der Waals surface area contributed by atoms with Crippen molar-refractivity contribution in [3.05, 3.63) is 30.1 Å². The number of rotatable bonds is 4. The minimum absolute atomic E-state index is 0.0274. The fraction of sp³-hybridized carbons (Fsp3) is 0.538. The van der Waals surface area contributed by atoms with Gasteiger partial charge in [-0.3, -0.25) is 9.78 Å². The Morgan fingerprint density at radius 3 is 2.89 bits per heavy atom. The number of hydrogen-bond acceptors (Lipinski definition) is 4. The molecule has 0 bridgehead atoms. The molecule has 1 aliphatic heterocycles. The van der Waals surface area contributed by atoms with Gasteiger partial charge in [-0.2, -0.15) is 0 Å². The fourth-order valence-electron chi connectivity index (χ4n) is 2.25. The van der Waals surface area contributed by atoms with Crippen molar-refractivity contribution >= 4 is 5.91 Å². The Bertz CT molecular complexity index is 374. The van der Waals surface area contributed by atoms with Crippen LogP contribution in [0.2, 0.25) is 0 Å². The Morgan fingerprint density at radius 2 is 2.28 bits per heavy atom. The van der Waals surface area contributed by atoms with Crippen molar-refractivity contribution in [1.82, 2.24) is 15.2 Å². The van der Waals surface area contributed by atoms with E-state index >= 15 is 0 Å². The number of carbonyl (C=O) groups excluding carboxylic acids is 1. The third-order valence-electron chi connectivity index (χ3n) is 3.29. The molecule has 0 atom stereocenters. The summed E-state index contributed by atoms with van der Waals surface area (Å²) in [5, 5.41) is 3.06. The van der Waals surface area contributed by atoms with E-state index in [0.29, 0.717) is 12.1 Å². The maximum Gasteiger partial charge on any atom is 0.253 e. The lowest BCUT2D eigenvalue weighted by Crippen LogP contribution is -2.45. The Labute approximate surface area is 107 Å². The summed E-state index contributed by atoms with van der Waals surface area (Å²) in [5.41, 5.74) is 6.16. The van der Waals surface area contributed by atoms with Crippen molar-refractivity contribution < 1.29 is 4.79 Å². The van der Waals surface area contributed by atoms with Crippen molar-refractivity contribution in [1.29, 1.82) is 0 Å². The Kier molecular flexibility index (Phi) is 4.66. The van der Waals surface area contributed by atoms with Crippen LogP contribution in [0.3, 0.4) is 0 Å². The van der Waals surface area contributed by atoms with Crippen molar-refractivity contribution in [3.8, 4) is 0 Å². The van der Waals surface area contributed by atoms with Crippen LogP contribution in [0.5, 0.6) is 0 Å². The Morgan fingerprint density at radius 1 is 1.50 bits per heavy atom. The highest BCUT2D eigenvalue weighted by atomic mass is 16.1. The zero-order valence-electron chi connectivity index (χ0n) is 10.5. The summed E-state index contributed by atoms with van der Waals surface area (Å²) in [4.78, 5) is 18.2. The summed E-state index contributed by atoms with van der Waals surface area (Å²) in [6, 6.07) is 3.83. The first kappa shape index (κ1) is 13.0. The SMILES string of the molecule is NCCN1CCC(NC(=O)c2cccnc2)CC1. The molecule has 3 N–H and O–H groups in total. The molecule has 1 amide bonds. The minimum Gasteiger partial charge on any atom is -0.349 e. The first-order chi connectivity index (χ1) is 8.79. The van der Waals surface area contributed by atoms with Crippen molar-refractivity contribution in [2.75, 3.05) is 26.2 Å². The maximum atomic E-state index is 11.9. The molecule has 0 saturated carbocycles. The fourth-order valence-corrected chi connectivity index (χ4v) is 2.25. The molecule has 0 aromatic carbocycles. The lowest BCUT2D eigenvalue weighted by Gasteiger charge is -2.31. The lowest BCUT2D eigenvalue weighted by molar-refractivity contribution is 0.0911. The summed E-state index contributed by atoms with van der Waals surface area (Å²) in [7, 11) is 0. The van der Waals surface area contributed by atoms with E-state index in [-0.39, 0.29) is 11.9 Å². The highest BCUT2D eigenvalue weighted by Crippen LogP contribution is 2.10. The molecule has 0 unspecified atom stereocenters. The normalized spacial score (nSPS) is 17.6. The third kappa shape index (κ3) is 3.51. The van der Waals surface area contributed by atoms with Crippen LogP contribution in [-0.4, -0.2) is 48.0 Å². The van der Waals surface area contributed by atoms with Crippen LogP contribution in [0.25, 0.3) is 0 Å². The summed E-state index contributed by atoms with van der Waals surface area (Å²) < 4.78 is 0. The summed E-state index contributed by atoms with van der Waals surface area (Å²) in [6.07, 6.45) is 5.25. The Balaban J connectivity index is 1.80. The predicted octanol–water partition coefficient (Wildman–Crippen LogP) is 0.235. The van der Waals surface area contributed by atoms with Gasteiger partial charge in [0.2, 0.25) is 0 Å². The molecule has 0 aliphatic carbocycles. The molecule has 5 nitrogen and oxygen atoms in total. The molecule has 0 spiro atoms. The Hall–Kier alpha value is -1.46. The quantitative estimate of drug-likeness (QED) is 0.800. The van der Waals surface area contributed by atoms with E-state index in [1.54, 1.807) is 24.5 Å². The minimum atomic E-state index is -0.0274. The first-order valence-electron chi connectivity index (χ1n) is 6.43. The van der Waals surface area contributed by atoms with Crippen LogP contribution in [0.1, 0.15) is 23.2 Å². The van der Waals surface area contributed by atoms with E-state index in [1.165, 1.54) is 0 Å². The van der Waals surface area contributed by atoms with Gasteiger partial charge in [0.05, 0.1) is 5.56 Å². The molecule has 2 rings (SSSR count). The zero-order chi connectivity index (χ0) is 12.8. The second-order valence-electron chi connectivity index (χ2n) is 4.62. The predicted molar refractivity (Wildman–Crippen MR) is 70.2 cm³/mol. The number of likely N-dealkylation sites (tertiary alicyclic amines) is 1. The van der Waals surface area contributed by atoms with Crippen LogP contribution < -0.4 is 11.1 Å². The summed E-state index contributed by atoms with van der Waals surface area (Å²) in [5.74, 6) is -0.0274. The molecule has 1 aromatic heterocycles. The molecular formula is C13H20N4O. The second kappa shape index (κ2) is 6.47. The van der Waals surface area contributed by atoms with Gasteiger partial charge in [0.25, 0.3) is 5.91 Å². The van der Waals surface area contributed by atoms with Crippen molar-refractivity contribution in [3.63, 3.8) is 0 Å². The van der Waals surface area contributed by atoms with E-state index in [2.05, 4.69) is 15.2 Å². The molecule has 5 heteroatoms. The maximum absolute atomic E-state index is 11.9. The molecule has 18 heavy (non-hydrogen) atoms. The number of piperidine rings is 1. The van der Waals surface area contributed by atoms with Gasteiger partial charge in [0.1, 0.15) is 0 Å². The highest BCUT2D eigenvalue weighted by Gasteiger charge is 2.20. The van der Waals surface area contributed by atoms with E-state index in [1.807, 2.05) is 0 Å². The van der Waals surface area contributed by atoms with Gasteiger partial charge in [0.15, 0.2) is 0 Å². The molecule has 1 fully saturated rings. The molecule has 1 aliphatic rings. The number of nitrogens with one attached hydrogen (secondary N) is 1. The smallest absolute Gasteiger partial charge is 0.253 e. The zero-order valence-corrected chi connectivity index (χ0v) is 10.5. The number of nitrogens with zero attached hydrogens (tertiary/aromatic N) is 2. The van der Waals surface area contributed by atoms with Crippen LogP contribution >= 0.6 is 0 Å². The molecule has 98 valence electrons. The average Bonchev–Trinajstić information content (AvgIpc) is 2.42. The van der Waals surface area contributed by atoms with E-state index in [4.69, 9.17) is 5.73 Å². The van der Waals surface area contributed by atoms with Crippen molar-refractivity contribution in [2.45, 2.75) is 18.9 Å². The summed E-state index contributed by atoms with van der Waals surface area (Å²) in [6.45, 7) is 3.67. The van der Waals surface area contributed by atoms with Crippen LogP contribution in [0, 0.1) is 0 Å². The van der Waals surface area contributed by atoms with Crippen LogP contribution in [0.15, 0.2) is 24.5 Å². The molecular weight excluding hydrogens is 228 g/mol. The molecule has 1 saturated heterocycles. The number of hydrogen-bond donors (Lipinski definition) is 2. The van der Waals surface area contributed by atoms with Crippen LogP contribution in [0.4, 0.5) is 0 Å². The van der Waals surface area contributed by atoms with Gasteiger partial charge in [-0.1, -0.05) is 0 Å². The van der Waals surface area contributed by atoms with Gasteiger partial charge in [-0.25, -0.2) is 0 Å².